The zero-order chi connectivity index (χ0) is 23.2. The molecule has 0 aliphatic heterocycles. The summed E-state index contributed by atoms with van der Waals surface area (Å²) in [5, 5.41) is 0.842. The normalized spacial score (nSPS) is 14.3. The number of esters is 2. The summed E-state index contributed by atoms with van der Waals surface area (Å²) < 4.78 is 17.1. The maximum Gasteiger partial charge on any atom is 0.309 e. The largest absolute Gasteiger partial charge is 0.480 e. The minimum Gasteiger partial charge on any atom is -0.480 e. The fourth-order valence-corrected chi connectivity index (χ4v) is 3.32. The van der Waals surface area contributed by atoms with Crippen LogP contribution in [-0.2, 0) is 19.1 Å². The SMILES string of the molecule is C[C@H](CC(=O)OC(C)(C)C)C(=O)O[C@@H](C)[C@H](Oc1ccc(Cl)cc1Cl)c1ccccc1. The third kappa shape index (κ3) is 8.08. The zero-order valence-corrected chi connectivity index (χ0v) is 19.9. The Morgan fingerprint density at radius 3 is 2.23 bits per heavy atom. The molecule has 0 amide bonds. The quantitative estimate of drug-likeness (QED) is 0.420. The Bertz CT molecular complexity index is 893. The van der Waals surface area contributed by atoms with Gasteiger partial charge in [-0.25, -0.2) is 0 Å². The number of hydrogen-bond acceptors (Lipinski definition) is 5. The van der Waals surface area contributed by atoms with Crippen LogP contribution in [0.25, 0.3) is 0 Å². The van der Waals surface area contributed by atoms with Crippen LogP contribution in [0.2, 0.25) is 10.0 Å². The van der Waals surface area contributed by atoms with Gasteiger partial charge in [-0.2, -0.15) is 0 Å². The van der Waals surface area contributed by atoms with E-state index in [0.717, 1.165) is 5.56 Å². The van der Waals surface area contributed by atoms with E-state index in [2.05, 4.69) is 0 Å². The molecule has 0 N–H and O–H groups in total. The van der Waals surface area contributed by atoms with Crippen LogP contribution in [0.15, 0.2) is 48.5 Å². The van der Waals surface area contributed by atoms with Gasteiger partial charge in [0.1, 0.15) is 17.5 Å². The second kappa shape index (κ2) is 10.9. The third-order valence-corrected chi connectivity index (χ3v) is 4.83. The smallest absolute Gasteiger partial charge is 0.309 e. The van der Waals surface area contributed by atoms with Gasteiger partial charge in [0, 0.05) is 5.02 Å². The highest BCUT2D eigenvalue weighted by Crippen LogP contribution is 2.33. The number of benzene rings is 2. The van der Waals surface area contributed by atoms with E-state index in [-0.39, 0.29) is 6.42 Å². The molecule has 0 aromatic heterocycles. The molecule has 2 aromatic carbocycles. The Balaban J connectivity index is 2.13. The van der Waals surface area contributed by atoms with E-state index in [1.54, 1.807) is 52.8 Å². The predicted octanol–water partition coefficient (Wildman–Crippen LogP) is 6.41. The van der Waals surface area contributed by atoms with E-state index in [0.29, 0.717) is 15.8 Å². The number of carbonyl (C=O) groups is 2. The van der Waals surface area contributed by atoms with Gasteiger partial charge in [-0.05, 0) is 51.5 Å². The molecule has 0 bridgehead atoms. The van der Waals surface area contributed by atoms with Crippen LogP contribution >= 0.6 is 23.2 Å². The van der Waals surface area contributed by atoms with Crippen molar-refractivity contribution in [2.75, 3.05) is 0 Å². The summed E-state index contributed by atoms with van der Waals surface area (Å²) in [6.45, 7) is 8.70. The van der Waals surface area contributed by atoms with Crippen molar-refractivity contribution in [2.24, 2.45) is 5.92 Å². The maximum absolute atomic E-state index is 12.6. The Kier molecular flexibility index (Phi) is 8.78. The molecule has 0 radical (unpaired) electrons. The number of halogens is 2. The Morgan fingerprint density at radius 2 is 1.65 bits per heavy atom. The molecule has 0 heterocycles. The molecule has 7 heteroatoms. The topological polar surface area (TPSA) is 61.8 Å². The van der Waals surface area contributed by atoms with Gasteiger partial charge in [-0.1, -0.05) is 60.5 Å². The van der Waals surface area contributed by atoms with Crippen molar-refractivity contribution < 1.29 is 23.8 Å². The first kappa shape index (κ1) is 25.0. The fourth-order valence-electron chi connectivity index (χ4n) is 2.86. The molecular formula is C24H28Cl2O5. The minimum absolute atomic E-state index is 0.0668. The first-order chi connectivity index (χ1) is 14.5. The van der Waals surface area contributed by atoms with Crippen LogP contribution in [0.5, 0.6) is 5.75 Å². The average molecular weight is 467 g/mol. The highest BCUT2D eigenvalue weighted by molar-refractivity contribution is 6.35. The van der Waals surface area contributed by atoms with E-state index < -0.39 is 35.7 Å². The lowest BCUT2D eigenvalue weighted by molar-refractivity contribution is -0.165. The van der Waals surface area contributed by atoms with Crippen molar-refractivity contribution in [2.45, 2.75) is 58.8 Å². The molecule has 0 aliphatic rings. The monoisotopic (exact) mass is 466 g/mol. The van der Waals surface area contributed by atoms with Gasteiger partial charge in [0.2, 0.25) is 0 Å². The van der Waals surface area contributed by atoms with Crippen molar-refractivity contribution in [1.82, 2.24) is 0 Å². The second-order valence-electron chi connectivity index (χ2n) is 8.36. The first-order valence-electron chi connectivity index (χ1n) is 10.1. The van der Waals surface area contributed by atoms with Gasteiger partial charge in [-0.15, -0.1) is 0 Å². The summed E-state index contributed by atoms with van der Waals surface area (Å²) in [6, 6.07) is 14.3. The van der Waals surface area contributed by atoms with Crippen molar-refractivity contribution >= 4 is 35.1 Å². The van der Waals surface area contributed by atoms with Crippen LogP contribution in [0.4, 0.5) is 0 Å². The van der Waals surface area contributed by atoms with Crippen LogP contribution in [0, 0.1) is 5.92 Å². The standard InChI is InChI=1S/C24H28Cl2O5/c1-15(13-21(27)31-24(3,4)5)23(28)29-16(2)22(17-9-7-6-8-10-17)30-20-12-11-18(25)14-19(20)26/h6-12,14-16,22H,13H2,1-5H3/t15-,16+,22+/m1/s1. The van der Waals surface area contributed by atoms with Gasteiger partial charge < -0.3 is 14.2 Å². The predicted molar refractivity (Wildman–Crippen MR) is 121 cm³/mol. The summed E-state index contributed by atoms with van der Waals surface area (Å²) in [4.78, 5) is 24.7. The van der Waals surface area contributed by atoms with E-state index in [1.165, 1.54) is 0 Å². The molecule has 0 aliphatic carbocycles. The Labute approximate surface area is 193 Å². The molecule has 0 saturated heterocycles. The highest BCUT2D eigenvalue weighted by Gasteiger charge is 2.29. The zero-order valence-electron chi connectivity index (χ0n) is 18.4. The number of hydrogen-bond donors (Lipinski definition) is 0. The molecule has 168 valence electrons. The summed E-state index contributed by atoms with van der Waals surface area (Å²) in [5.74, 6) is -1.20. The summed E-state index contributed by atoms with van der Waals surface area (Å²) in [5.41, 5.74) is 0.201. The van der Waals surface area contributed by atoms with Crippen molar-refractivity contribution in [3.05, 3.63) is 64.1 Å². The van der Waals surface area contributed by atoms with E-state index in [4.69, 9.17) is 37.4 Å². The molecule has 2 rings (SSSR count). The molecule has 2 aromatic rings. The summed E-state index contributed by atoms with van der Waals surface area (Å²) in [7, 11) is 0. The molecule has 0 saturated carbocycles. The number of carbonyl (C=O) groups excluding carboxylic acids is 2. The summed E-state index contributed by atoms with van der Waals surface area (Å²) in [6.07, 6.45) is -1.33. The van der Waals surface area contributed by atoms with Gasteiger partial charge in [0.25, 0.3) is 0 Å². The highest BCUT2D eigenvalue weighted by atomic mass is 35.5. The fraction of sp³-hybridized carbons (Fsp3) is 0.417. The molecule has 5 nitrogen and oxygen atoms in total. The lowest BCUT2D eigenvalue weighted by Crippen LogP contribution is -2.31. The van der Waals surface area contributed by atoms with Crippen LogP contribution in [0.3, 0.4) is 0 Å². The van der Waals surface area contributed by atoms with Gasteiger partial charge in [0.05, 0.1) is 17.4 Å². The lowest BCUT2D eigenvalue weighted by Gasteiger charge is -2.27. The Morgan fingerprint density at radius 1 is 1.00 bits per heavy atom. The van der Waals surface area contributed by atoms with Gasteiger partial charge >= 0.3 is 11.9 Å². The first-order valence-corrected chi connectivity index (χ1v) is 10.8. The van der Waals surface area contributed by atoms with Crippen LogP contribution in [-0.4, -0.2) is 23.6 Å². The molecule has 0 spiro atoms. The lowest BCUT2D eigenvalue weighted by atomic mass is 10.0. The molecule has 0 unspecified atom stereocenters. The maximum atomic E-state index is 12.6. The molecule has 3 atom stereocenters. The van der Waals surface area contributed by atoms with E-state index in [1.807, 2.05) is 30.3 Å². The second-order valence-corrected chi connectivity index (χ2v) is 9.20. The Hall–Kier alpha value is -2.24. The molecule has 0 fully saturated rings. The van der Waals surface area contributed by atoms with Gasteiger partial charge in [0.15, 0.2) is 6.10 Å². The third-order valence-electron chi connectivity index (χ3n) is 4.30. The minimum atomic E-state index is -0.659. The molecular weight excluding hydrogens is 439 g/mol. The van der Waals surface area contributed by atoms with Gasteiger partial charge in [-0.3, -0.25) is 9.59 Å². The van der Waals surface area contributed by atoms with Crippen LogP contribution < -0.4 is 4.74 Å². The van der Waals surface area contributed by atoms with Crippen molar-refractivity contribution in [3.8, 4) is 5.75 Å². The van der Waals surface area contributed by atoms with Crippen LogP contribution in [0.1, 0.15) is 52.7 Å². The molecule has 31 heavy (non-hydrogen) atoms. The van der Waals surface area contributed by atoms with Crippen molar-refractivity contribution in [1.29, 1.82) is 0 Å². The van der Waals surface area contributed by atoms with Crippen molar-refractivity contribution in [3.63, 3.8) is 0 Å². The van der Waals surface area contributed by atoms with E-state index in [9.17, 15) is 9.59 Å². The number of rotatable bonds is 8. The summed E-state index contributed by atoms with van der Waals surface area (Å²) >= 11 is 12.2. The number of ether oxygens (including phenoxy) is 3. The van der Waals surface area contributed by atoms with E-state index >= 15 is 0 Å². The average Bonchev–Trinajstić information content (AvgIpc) is 2.66.